The molecule has 0 unspecified atom stereocenters. The van der Waals surface area contributed by atoms with Crippen molar-refractivity contribution in [2.45, 2.75) is 65.5 Å². The minimum absolute atomic E-state index is 0. The molecule has 0 aliphatic rings. The van der Waals surface area contributed by atoms with Crippen LogP contribution in [0.4, 0.5) is 4.79 Å². The number of carbonyl (C=O) groups excluding carboxylic acids is 1. The van der Waals surface area contributed by atoms with Gasteiger partial charge in [0.2, 0.25) is 0 Å². The van der Waals surface area contributed by atoms with Crippen molar-refractivity contribution in [1.29, 1.82) is 0 Å². The second-order valence-electron chi connectivity index (χ2n) is 7.36. The van der Waals surface area contributed by atoms with Crippen LogP contribution < -0.4 is 16.0 Å². The SMILES string of the molecule is CCN(C)CCNC(=NC)NCC(CC)(CC)NC(=O)OC(C)(C)C.I. The number of hydrogen-bond donors (Lipinski definition) is 3. The van der Waals surface area contributed by atoms with Crippen molar-refractivity contribution in [2.24, 2.45) is 4.99 Å². The van der Waals surface area contributed by atoms with Gasteiger partial charge < -0.3 is 25.6 Å². The van der Waals surface area contributed by atoms with E-state index < -0.39 is 5.60 Å². The molecule has 156 valence electrons. The van der Waals surface area contributed by atoms with Gasteiger partial charge in [-0.1, -0.05) is 20.8 Å². The molecular formula is C18H40IN5O2. The molecule has 0 aromatic heterocycles. The molecule has 26 heavy (non-hydrogen) atoms. The van der Waals surface area contributed by atoms with Gasteiger partial charge >= 0.3 is 6.09 Å². The first-order chi connectivity index (χ1) is 11.6. The Labute approximate surface area is 177 Å². The summed E-state index contributed by atoms with van der Waals surface area (Å²) in [4.78, 5) is 18.7. The molecule has 0 aliphatic carbocycles. The minimum Gasteiger partial charge on any atom is -0.444 e. The minimum atomic E-state index is -0.506. The second-order valence-corrected chi connectivity index (χ2v) is 7.36. The number of hydrogen-bond acceptors (Lipinski definition) is 4. The number of amides is 1. The van der Waals surface area contributed by atoms with Crippen LogP contribution in [-0.2, 0) is 4.74 Å². The van der Waals surface area contributed by atoms with Crippen LogP contribution in [0.15, 0.2) is 4.99 Å². The molecule has 0 spiro atoms. The molecule has 0 radical (unpaired) electrons. The van der Waals surface area contributed by atoms with E-state index in [-0.39, 0.29) is 35.6 Å². The maximum atomic E-state index is 12.2. The number of ether oxygens (including phenoxy) is 1. The van der Waals surface area contributed by atoms with Crippen LogP contribution in [0.3, 0.4) is 0 Å². The highest BCUT2D eigenvalue weighted by Gasteiger charge is 2.30. The Bertz CT molecular complexity index is 420. The summed E-state index contributed by atoms with van der Waals surface area (Å²) in [6, 6.07) is 0. The van der Waals surface area contributed by atoms with Gasteiger partial charge in [0.25, 0.3) is 0 Å². The molecule has 0 rings (SSSR count). The lowest BCUT2D eigenvalue weighted by Crippen LogP contribution is -2.57. The largest absolute Gasteiger partial charge is 0.444 e. The Hall–Kier alpha value is -0.770. The number of nitrogens with zero attached hydrogens (tertiary/aromatic N) is 2. The van der Waals surface area contributed by atoms with E-state index in [9.17, 15) is 4.79 Å². The van der Waals surface area contributed by atoms with Crippen LogP contribution in [0, 0.1) is 0 Å². The molecule has 0 heterocycles. The zero-order valence-electron chi connectivity index (χ0n) is 17.9. The van der Waals surface area contributed by atoms with Crippen LogP contribution in [0.25, 0.3) is 0 Å². The van der Waals surface area contributed by atoms with Gasteiger partial charge in [-0.25, -0.2) is 4.79 Å². The summed E-state index contributed by atoms with van der Waals surface area (Å²) < 4.78 is 5.40. The van der Waals surface area contributed by atoms with E-state index >= 15 is 0 Å². The first kappa shape index (κ1) is 27.4. The van der Waals surface area contributed by atoms with Gasteiger partial charge in [-0.05, 0) is 47.2 Å². The van der Waals surface area contributed by atoms with Gasteiger partial charge in [0.05, 0.1) is 5.54 Å². The van der Waals surface area contributed by atoms with Gasteiger partial charge in [-0.2, -0.15) is 0 Å². The molecule has 0 aromatic rings. The first-order valence-electron chi connectivity index (χ1n) is 9.25. The van der Waals surface area contributed by atoms with Crippen molar-refractivity contribution >= 4 is 36.0 Å². The Morgan fingerprint density at radius 3 is 2.12 bits per heavy atom. The standard InChI is InChI=1S/C18H39N5O2.HI/c1-9-18(10-2,22-16(24)25-17(4,5)6)14-21-15(19-7)20-12-13-23(8)11-3;/h9-14H2,1-8H3,(H,22,24)(H2,19,20,21);1H. The van der Waals surface area contributed by atoms with Gasteiger partial charge in [-0.15, -0.1) is 24.0 Å². The molecule has 0 fully saturated rings. The van der Waals surface area contributed by atoms with E-state index in [0.29, 0.717) is 6.54 Å². The van der Waals surface area contributed by atoms with Gasteiger partial charge in [0.15, 0.2) is 5.96 Å². The summed E-state index contributed by atoms with van der Waals surface area (Å²) in [6.45, 7) is 15.2. The highest BCUT2D eigenvalue weighted by molar-refractivity contribution is 14.0. The number of nitrogens with one attached hydrogen (secondary N) is 3. The molecule has 8 heteroatoms. The summed E-state index contributed by atoms with van der Waals surface area (Å²) in [6.07, 6.45) is 1.21. The molecular weight excluding hydrogens is 445 g/mol. The van der Waals surface area contributed by atoms with Gasteiger partial charge in [-0.3, -0.25) is 4.99 Å². The van der Waals surface area contributed by atoms with Crippen molar-refractivity contribution in [1.82, 2.24) is 20.9 Å². The lowest BCUT2D eigenvalue weighted by Gasteiger charge is -2.34. The highest BCUT2D eigenvalue weighted by atomic mass is 127. The molecule has 1 amide bonds. The molecule has 0 saturated heterocycles. The van der Waals surface area contributed by atoms with Crippen LogP contribution in [-0.4, -0.2) is 68.4 Å². The van der Waals surface area contributed by atoms with E-state index in [0.717, 1.165) is 38.4 Å². The fourth-order valence-electron chi connectivity index (χ4n) is 2.24. The van der Waals surface area contributed by atoms with Crippen molar-refractivity contribution in [3.05, 3.63) is 0 Å². The third-order valence-corrected chi connectivity index (χ3v) is 4.26. The molecule has 0 bridgehead atoms. The number of alkyl carbamates (subject to hydrolysis) is 1. The smallest absolute Gasteiger partial charge is 0.408 e. The van der Waals surface area contributed by atoms with Crippen LogP contribution in [0.2, 0.25) is 0 Å². The predicted molar refractivity (Wildman–Crippen MR) is 121 cm³/mol. The Balaban J connectivity index is 0. The molecule has 0 atom stereocenters. The third-order valence-electron chi connectivity index (χ3n) is 4.26. The third kappa shape index (κ3) is 11.8. The monoisotopic (exact) mass is 485 g/mol. The fourth-order valence-corrected chi connectivity index (χ4v) is 2.24. The summed E-state index contributed by atoms with van der Waals surface area (Å²) in [7, 11) is 3.83. The summed E-state index contributed by atoms with van der Waals surface area (Å²) >= 11 is 0. The highest BCUT2D eigenvalue weighted by Crippen LogP contribution is 2.16. The van der Waals surface area contributed by atoms with Crippen molar-refractivity contribution in [3.8, 4) is 0 Å². The quantitative estimate of drug-likeness (QED) is 0.266. The van der Waals surface area contributed by atoms with E-state index in [4.69, 9.17) is 4.74 Å². The number of rotatable bonds is 9. The second kappa shape index (κ2) is 13.4. The lowest BCUT2D eigenvalue weighted by atomic mass is 9.93. The van der Waals surface area contributed by atoms with Gasteiger partial charge in [0.1, 0.15) is 5.60 Å². The van der Waals surface area contributed by atoms with E-state index in [1.54, 1.807) is 7.05 Å². The van der Waals surface area contributed by atoms with Crippen molar-refractivity contribution < 1.29 is 9.53 Å². The predicted octanol–water partition coefficient (Wildman–Crippen LogP) is 2.80. The fraction of sp³-hybridized carbons (Fsp3) is 0.889. The van der Waals surface area contributed by atoms with Crippen LogP contribution in [0.5, 0.6) is 0 Å². The summed E-state index contributed by atoms with van der Waals surface area (Å²) in [5.74, 6) is 0.738. The first-order valence-corrected chi connectivity index (χ1v) is 9.25. The number of carbonyl (C=O) groups is 1. The molecule has 7 nitrogen and oxygen atoms in total. The van der Waals surface area contributed by atoms with E-state index in [1.165, 1.54) is 0 Å². The van der Waals surface area contributed by atoms with Crippen molar-refractivity contribution in [2.75, 3.05) is 40.3 Å². The van der Waals surface area contributed by atoms with Crippen LogP contribution >= 0.6 is 24.0 Å². The molecule has 0 aromatic carbocycles. The average molecular weight is 485 g/mol. The maximum Gasteiger partial charge on any atom is 0.408 e. The number of likely N-dealkylation sites (N-methyl/N-ethyl adjacent to an activating group) is 1. The van der Waals surface area contributed by atoms with Gasteiger partial charge in [0, 0.05) is 26.7 Å². The normalized spacial score (nSPS) is 12.4. The Morgan fingerprint density at radius 2 is 1.69 bits per heavy atom. The average Bonchev–Trinajstić information content (AvgIpc) is 2.54. The van der Waals surface area contributed by atoms with E-state index in [1.807, 2.05) is 20.8 Å². The molecule has 0 saturated carbocycles. The van der Waals surface area contributed by atoms with E-state index in [2.05, 4.69) is 53.7 Å². The zero-order valence-corrected chi connectivity index (χ0v) is 20.2. The maximum absolute atomic E-state index is 12.2. The lowest BCUT2D eigenvalue weighted by molar-refractivity contribution is 0.0448. The molecule has 0 aliphatic heterocycles. The topological polar surface area (TPSA) is 78.0 Å². The van der Waals surface area contributed by atoms with Crippen molar-refractivity contribution in [3.63, 3.8) is 0 Å². The van der Waals surface area contributed by atoms with Crippen LogP contribution in [0.1, 0.15) is 54.4 Å². The number of halogens is 1. The molecule has 3 N–H and O–H groups in total. The Kier molecular flexibility index (Phi) is 14.2. The summed E-state index contributed by atoms with van der Waals surface area (Å²) in [5.41, 5.74) is -0.881. The Morgan fingerprint density at radius 1 is 1.12 bits per heavy atom. The zero-order chi connectivity index (χ0) is 19.5. The number of guanidine groups is 1. The number of aliphatic imine (C=N–C) groups is 1. The summed E-state index contributed by atoms with van der Waals surface area (Å²) in [5, 5.41) is 9.66.